The third-order valence-corrected chi connectivity index (χ3v) is 2.25. The summed E-state index contributed by atoms with van der Waals surface area (Å²) in [5, 5.41) is 0. The molecule has 0 aliphatic carbocycles. The Kier molecular flexibility index (Phi) is 8.85. The lowest BCUT2D eigenvalue weighted by molar-refractivity contribution is -0.121. The second-order valence-corrected chi connectivity index (χ2v) is 3.22. The van der Waals surface area contributed by atoms with Crippen molar-refractivity contribution in [3.8, 4) is 0 Å². The van der Waals surface area contributed by atoms with Gasteiger partial charge in [0.05, 0.1) is 26.4 Å². The Balaban J connectivity index is 3.93. The number of ether oxygens (including phenoxy) is 3. The summed E-state index contributed by atoms with van der Waals surface area (Å²) in [5.74, 6) is 0. The maximum Gasteiger partial charge on any atom is 0.114 e. The average molecular weight is 226 g/mol. The van der Waals surface area contributed by atoms with Crippen LogP contribution in [0, 0.1) is 0 Å². The van der Waals surface area contributed by atoms with Gasteiger partial charge in [-0.05, 0) is 6.42 Å². The molecule has 0 unspecified atom stereocenters. The molecule has 0 bridgehead atoms. The molecule has 0 aliphatic heterocycles. The molecule has 0 aromatic heterocycles. The first-order valence-corrected chi connectivity index (χ1v) is 5.07. The van der Waals surface area contributed by atoms with Gasteiger partial charge in [-0.3, -0.25) is 0 Å². The highest BCUT2D eigenvalue weighted by molar-refractivity contribution is 4.78. The van der Waals surface area contributed by atoms with E-state index in [-0.39, 0.29) is 26.4 Å². The van der Waals surface area contributed by atoms with E-state index in [1.54, 1.807) is 7.11 Å². The highest BCUT2D eigenvalue weighted by Crippen LogP contribution is 2.16. The Morgan fingerprint density at radius 3 is 1.73 bits per heavy atom. The largest absolute Gasteiger partial charge is 0.376 e. The quantitative estimate of drug-likeness (QED) is 0.531. The van der Waals surface area contributed by atoms with Crippen LogP contribution in [0.2, 0.25) is 0 Å². The summed E-state index contributed by atoms with van der Waals surface area (Å²) in [6.07, 6.45) is 0.669. The summed E-state index contributed by atoms with van der Waals surface area (Å²) in [6.45, 7) is 1.50. The fraction of sp³-hybridized carbons (Fsp3) is 1.00. The van der Waals surface area contributed by atoms with Gasteiger partial charge in [0.15, 0.2) is 0 Å². The van der Waals surface area contributed by atoms with E-state index in [0.717, 1.165) is 0 Å². The van der Waals surface area contributed by atoms with E-state index in [0.29, 0.717) is 6.42 Å². The molecule has 5 heteroatoms. The van der Waals surface area contributed by atoms with Gasteiger partial charge >= 0.3 is 0 Å². The summed E-state index contributed by atoms with van der Waals surface area (Å²) in [6, 6.07) is 0. The van der Waals surface area contributed by atoms with Crippen LogP contribution in [0.5, 0.6) is 0 Å². The average Bonchev–Trinajstić information content (AvgIpc) is 2.28. The van der Waals surface area contributed by atoms with Gasteiger partial charge in [0.25, 0.3) is 0 Å². The summed E-state index contributed by atoms with van der Waals surface area (Å²) in [4.78, 5) is 0. The number of methoxy groups -OCH3 is 1. The van der Waals surface area contributed by atoms with Gasteiger partial charge in [-0.15, -0.1) is 0 Å². The van der Waals surface area contributed by atoms with Gasteiger partial charge in [-0.25, -0.2) is 8.78 Å². The standard InChI is InChI=1S/C10H20F2O3/c1-3-10(13-2,8-14-6-4-11)9-15-7-5-12/h3-9H2,1-2H3. The number of hydrogen-bond acceptors (Lipinski definition) is 3. The molecule has 0 aromatic rings. The number of rotatable bonds is 10. The molecule has 0 spiro atoms. The van der Waals surface area contributed by atoms with Crippen LogP contribution >= 0.6 is 0 Å². The Morgan fingerprint density at radius 1 is 1.00 bits per heavy atom. The molecule has 0 heterocycles. The van der Waals surface area contributed by atoms with Crippen molar-refractivity contribution >= 4 is 0 Å². The van der Waals surface area contributed by atoms with Crippen molar-refractivity contribution in [2.45, 2.75) is 18.9 Å². The summed E-state index contributed by atoms with van der Waals surface area (Å²) in [7, 11) is 1.54. The SMILES string of the molecule is CCC(COCCF)(COCCF)OC. The highest BCUT2D eigenvalue weighted by Gasteiger charge is 2.28. The minimum Gasteiger partial charge on any atom is -0.376 e. The Morgan fingerprint density at radius 2 is 1.47 bits per heavy atom. The monoisotopic (exact) mass is 226 g/mol. The molecule has 0 saturated carbocycles. The van der Waals surface area contributed by atoms with Crippen LogP contribution in [0.25, 0.3) is 0 Å². The van der Waals surface area contributed by atoms with E-state index in [4.69, 9.17) is 14.2 Å². The van der Waals surface area contributed by atoms with Gasteiger partial charge in [0.2, 0.25) is 0 Å². The van der Waals surface area contributed by atoms with Crippen molar-refractivity contribution in [3.05, 3.63) is 0 Å². The molecule has 0 saturated heterocycles. The lowest BCUT2D eigenvalue weighted by atomic mass is 10.0. The lowest BCUT2D eigenvalue weighted by Gasteiger charge is -2.30. The van der Waals surface area contributed by atoms with E-state index in [1.807, 2.05) is 6.92 Å². The number of alkyl halides is 2. The van der Waals surface area contributed by atoms with E-state index in [9.17, 15) is 8.78 Å². The Labute approximate surface area is 89.7 Å². The molecule has 0 fully saturated rings. The third-order valence-electron chi connectivity index (χ3n) is 2.25. The number of halogens is 2. The van der Waals surface area contributed by atoms with Crippen LogP contribution in [0.3, 0.4) is 0 Å². The lowest BCUT2D eigenvalue weighted by Crippen LogP contribution is -2.41. The van der Waals surface area contributed by atoms with Crippen LogP contribution in [0.1, 0.15) is 13.3 Å². The van der Waals surface area contributed by atoms with Gasteiger partial charge in [0.1, 0.15) is 19.0 Å². The van der Waals surface area contributed by atoms with Gasteiger partial charge in [-0.2, -0.15) is 0 Å². The van der Waals surface area contributed by atoms with Crippen LogP contribution in [0.15, 0.2) is 0 Å². The fourth-order valence-electron chi connectivity index (χ4n) is 1.13. The first kappa shape index (κ1) is 14.7. The second kappa shape index (κ2) is 9.00. The topological polar surface area (TPSA) is 27.7 Å². The van der Waals surface area contributed by atoms with Crippen molar-refractivity contribution in [3.63, 3.8) is 0 Å². The zero-order valence-corrected chi connectivity index (χ0v) is 9.43. The molecule has 0 amide bonds. The van der Waals surface area contributed by atoms with Gasteiger partial charge in [-0.1, -0.05) is 6.92 Å². The van der Waals surface area contributed by atoms with Gasteiger partial charge < -0.3 is 14.2 Å². The zero-order chi connectivity index (χ0) is 11.6. The van der Waals surface area contributed by atoms with Crippen molar-refractivity contribution in [2.75, 3.05) is 46.9 Å². The molecular formula is C10H20F2O3. The van der Waals surface area contributed by atoms with Crippen LogP contribution in [-0.4, -0.2) is 52.5 Å². The van der Waals surface area contributed by atoms with E-state index in [1.165, 1.54) is 0 Å². The maximum absolute atomic E-state index is 11.8. The molecule has 0 aromatic carbocycles. The molecule has 0 N–H and O–H groups in total. The second-order valence-electron chi connectivity index (χ2n) is 3.22. The third kappa shape index (κ3) is 6.02. The molecule has 0 rings (SSSR count). The summed E-state index contributed by atoms with van der Waals surface area (Å²) >= 11 is 0. The summed E-state index contributed by atoms with van der Waals surface area (Å²) < 4.78 is 39.1. The minimum atomic E-state index is -0.593. The van der Waals surface area contributed by atoms with Crippen molar-refractivity contribution < 1.29 is 23.0 Å². The van der Waals surface area contributed by atoms with Crippen LogP contribution < -0.4 is 0 Å². The maximum atomic E-state index is 11.8. The smallest absolute Gasteiger partial charge is 0.114 e. The van der Waals surface area contributed by atoms with E-state index < -0.39 is 19.0 Å². The van der Waals surface area contributed by atoms with Crippen molar-refractivity contribution in [1.82, 2.24) is 0 Å². The molecule has 15 heavy (non-hydrogen) atoms. The predicted octanol–water partition coefficient (Wildman–Crippen LogP) is 1.75. The highest BCUT2D eigenvalue weighted by atomic mass is 19.1. The summed E-state index contributed by atoms with van der Waals surface area (Å²) in [5.41, 5.74) is -0.593. The minimum absolute atomic E-state index is 0.0498. The first-order valence-electron chi connectivity index (χ1n) is 5.07. The zero-order valence-electron chi connectivity index (χ0n) is 9.43. The number of hydrogen-bond donors (Lipinski definition) is 0. The Bertz CT molecular complexity index is 129. The molecule has 0 aliphatic rings. The van der Waals surface area contributed by atoms with E-state index >= 15 is 0 Å². The molecular weight excluding hydrogens is 206 g/mol. The molecule has 92 valence electrons. The van der Waals surface area contributed by atoms with Gasteiger partial charge in [0, 0.05) is 7.11 Å². The van der Waals surface area contributed by atoms with Crippen molar-refractivity contribution in [2.24, 2.45) is 0 Å². The molecule has 0 atom stereocenters. The van der Waals surface area contributed by atoms with E-state index in [2.05, 4.69) is 0 Å². The Hall–Kier alpha value is -0.260. The van der Waals surface area contributed by atoms with Crippen LogP contribution in [0.4, 0.5) is 8.78 Å². The fourth-order valence-corrected chi connectivity index (χ4v) is 1.13. The predicted molar refractivity (Wildman–Crippen MR) is 53.6 cm³/mol. The van der Waals surface area contributed by atoms with Crippen LogP contribution in [-0.2, 0) is 14.2 Å². The van der Waals surface area contributed by atoms with Crippen molar-refractivity contribution in [1.29, 1.82) is 0 Å². The molecule has 0 radical (unpaired) electrons. The normalized spacial score (nSPS) is 12.0. The first-order chi connectivity index (χ1) is 7.24. The molecule has 3 nitrogen and oxygen atoms in total.